The summed E-state index contributed by atoms with van der Waals surface area (Å²) in [5, 5.41) is 3.01. The number of carbonyl (C=O) groups excluding carboxylic acids is 2. The van der Waals surface area contributed by atoms with Gasteiger partial charge in [-0.25, -0.2) is 9.78 Å². The highest BCUT2D eigenvalue weighted by Gasteiger charge is 2.45. The molecule has 2 aromatic carbocycles. The van der Waals surface area contributed by atoms with Crippen molar-refractivity contribution in [2.45, 2.75) is 83.1 Å². The first kappa shape index (κ1) is 30.7. The van der Waals surface area contributed by atoms with Crippen molar-refractivity contribution < 1.29 is 19.1 Å². The van der Waals surface area contributed by atoms with E-state index in [0.717, 1.165) is 83.6 Å². The molecule has 3 aromatic rings. The second kappa shape index (κ2) is 13.4. The van der Waals surface area contributed by atoms with Crippen molar-refractivity contribution in [3.63, 3.8) is 0 Å². The maximum atomic E-state index is 14.0. The fourth-order valence-corrected chi connectivity index (χ4v) is 7.17. The molecule has 1 saturated carbocycles. The van der Waals surface area contributed by atoms with E-state index in [4.69, 9.17) is 14.5 Å². The number of rotatable bonds is 9. The van der Waals surface area contributed by atoms with Gasteiger partial charge < -0.3 is 24.6 Å². The number of aromatic nitrogens is 1. The first-order chi connectivity index (χ1) is 22.4. The number of hydrogen-bond acceptors (Lipinski definition) is 6. The van der Waals surface area contributed by atoms with Gasteiger partial charge in [0.25, 0.3) is 5.91 Å². The standard InChI is InChI=1S/C37H45N5O4/c1-25-4-3-5-28(22-25)34-24-41(31-16-20-45-21-17-31)37(44)42(34)32-14-18-40(19-15-32)23-29-8-13-35(38-26(29)2)46-33-11-6-27(7-12-33)36(43)39-30-9-10-30/h3-8,11-13,22,30-32,34H,9-10,14-21,23-24H2,1-2H3,(H,39,43). The molecule has 4 fully saturated rings. The van der Waals surface area contributed by atoms with Crippen LogP contribution in [0.4, 0.5) is 4.79 Å². The van der Waals surface area contributed by atoms with Gasteiger partial charge in [0.1, 0.15) is 5.75 Å². The third-order valence-electron chi connectivity index (χ3n) is 10.00. The molecule has 1 unspecified atom stereocenters. The molecule has 1 aromatic heterocycles. The van der Waals surface area contributed by atoms with Crippen LogP contribution in [0, 0.1) is 13.8 Å². The van der Waals surface area contributed by atoms with E-state index in [-0.39, 0.29) is 30.1 Å². The van der Waals surface area contributed by atoms with Crippen molar-refractivity contribution in [2.75, 3.05) is 32.8 Å². The van der Waals surface area contributed by atoms with Gasteiger partial charge in [-0.1, -0.05) is 35.9 Å². The molecule has 0 bridgehead atoms. The molecular weight excluding hydrogens is 578 g/mol. The molecule has 7 rings (SSSR count). The largest absolute Gasteiger partial charge is 0.439 e. The third-order valence-corrected chi connectivity index (χ3v) is 10.00. The van der Waals surface area contributed by atoms with E-state index < -0.39 is 0 Å². The normalized spacial score (nSPS) is 21.5. The summed E-state index contributed by atoms with van der Waals surface area (Å²) < 4.78 is 11.6. The number of hydrogen-bond donors (Lipinski definition) is 1. The molecule has 3 saturated heterocycles. The van der Waals surface area contributed by atoms with Gasteiger partial charge in [-0.15, -0.1) is 0 Å². The van der Waals surface area contributed by atoms with E-state index in [1.165, 1.54) is 16.7 Å². The van der Waals surface area contributed by atoms with Crippen LogP contribution < -0.4 is 10.1 Å². The number of carbonyl (C=O) groups is 2. The monoisotopic (exact) mass is 623 g/mol. The molecule has 9 nitrogen and oxygen atoms in total. The molecule has 1 aliphatic carbocycles. The topological polar surface area (TPSA) is 87.2 Å². The van der Waals surface area contributed by atoms with Crippen LogP contribution in [0.1, 0.15) is 77.3 Å². The Morgan fingerprint density at radius 2 is 1.70 bits per heavy atom. The number of aryl methyl sites for hydroxylation is 2. The van der Waals surface area contributed by atoms with E-state index in [1.54, 1.807) is 12.1 Å². The number of amides is 3. The average Bonchev–Trinajstić information content (AvgIpc) is 3.82. The Balaban J connectivity index is 0.965. The smallest absolute Gasteiger partial charge is 0.321 e. The SMILES string of the molecule is Cc1cccc(C2CN(C3CCOCC3)C(=O)N2C2CCN(Cc3ccc(Oc4ccc(C(=O)NC5CC5)cc4)nc3C)CC2)c1. The van der Waals surface area contributed by atoms with Gasteiger partial charge in [0.2, 0.25) is 5.88 Å². The summed E-state index contributed by atoms with van der Waals surface area (Å²) >= 11 is 0. The van der Waals surface area contributed by atoms with Gasteiger partial charge in [-0.05, 0) is 87.8 Å². The van der Waals surface area contributed by atoms with Crippen molar-refractivity contribution >= 4 is 11.9 Å². The number of nitrogens with zero attached hydrogens (tertiary/aromatic N) is 4. The highest BCUT2D eigenvalue weighted by Crippen LogP contribution is 2.37. The first-order valence-electron chi connectivity index (χ1n) is 16.9. The lowest BCUT2D eigenvalue weighted by Crippen LogP contribution is -2.48. The zero-order valence-electron chi connectivity index (χ0n) is 27.0. The first-order valence-corrected chi connectivity index (χ1v) is 16.9. The predicted molar refractivity (Wildman–Crippen MR) is 176 cm³/mol. The molecule has 242 valence electrons. The van der Waals surface area contributed by atoms with Gasteiger partial charge in [0.05, 0.1) is 6.04 Å². The minimum Gasteiger partial charge on any atom is -0.439 e. The molecule has 4 aliphatic rings. The number of ether oxygens (including phenoxy) is 2. The summed E-state index contributed by atoms with van der Waals surface area (Å²) in [5.74, 6) is 1.16. The zero-order chi connectivity index (χ0) is 31.6. The lowest BCUT2D eigenvalue weighted by atomic mass is 9.98. The van der Waals surface area contributed by atoms with Crippen molar-refractivity contribution in [3.05, 3.63) is 88.6 Å². The lowest BCUT2D eigenvalue weighted by molar-refractivity contribution is 0.0493. The molecule has 0 spiro atoms. The van der Waals surface area contributed by atoms with Crippen LogP contribution in [0.2, 0.25) is 0 Å². The number of likely N-dealkylation sites (tertiary alicyclic amines) is 1. The summed E-state index contributed by atoms with van der Waals surface area (Å²) in [6.07, 6.45) is 5.88. The second-order valence-corrected chi connectivity index (χ2v) is 13.4. The van der Waals surface area contributed by atoms with Crippen LogP contribution in [0.25, 0.3) is 0 Å². The summed E-state index contributed by atoms with van der Waals surface area (Å²) in [6, 6.07) is 21.0. The van der Waals surface area contributed by atoms with Gasteiger partial charge >= 0.3 is 6.03 Å². The van der Waals surface area contributed by atoms with Crippen LogP contribution in [-0.4, -0.2) is 82.6 Å². The summed E-state index contributed by atoms with van der Waals surface area (Å²) in [6.45, 7) is 9.07. The average molecular weight is 624 g/mol. The summed E-state index contributed by atoms with van der Waals surface area (Å²) in [7, 11) is 0. The number of urea groups is 1. The van der Waals surface area contributed by atoms with Gasteiger partial charge in [-0.2, -0.15) is 0 Å². The highest BCUT2D eigenvalue weighted by atomic mass is 16.5. The Bertz CT molecular complexity index is 1540. The molecular formula is C37H45N5O4. The van der Waals surface area contributed by atoms with Gasteiger partial charge in [0, 0.05) is 74.8 Å². The van der Waals surface area contributed by atoms with Crippen molar-refractivity contribution in [2.24, 2.45) is 0 Å². The molecule has 1 N–H and O–H groups in total. The Morgan fingerprint density at radius 3 is 2.39 bits per heavy atom. The fraction of sp³-hybridized carbons (Fsp3) is 0.486. The highest BCUT2D eigenvalue weighted by molar-refractivity contribution is 5.94. The van der Waals surface area contributed by atoms with Crippen molar-refractivity contribution in [1.82, 2.24) is 25.0 Å². The molecule has 4 heterocycles. The number of piperidine rings is 1. The van der Waals surface area contributed by atoms with Gasteiger partial charge in [0.15, 0.2) is 0 Å². The molecule has 1 atom stereocenters. The summed E-state index contributed by atoms with van der Waals surface area (Å²) in [5.41, 5.74) is 5.24. The van der Waals surface area contributed by atoms with E-state index >= 15 is 0 Å². The van der Waals surface area contributed by atoms with E-state index in [9.17, 15) is 9.59 Å². The van der Waals surface area contributed by atoms with E-state index in [0.29, 0.717) is 23.2 Å². The van der Waals surface area contributed by atoms with E-state index in [2.05, 4.69) is 57.3 Å². The van der Waals surface area contributed by atoms with Crippen LogP contribution in [0.15, 0.2) is 60.7 Å². The quantitative estimate of drug-likeness (QED) is 0.315. The number of pyridine rings is 1. The van der Waals surface area contributed by atoms with Gasteiger partial charge in [-0.3, -0.25) is 9.69 Å². The minimum absolute atomic E-state index is 0.0357. The van der Waals surface area contributed by atoms with E-state index in [1.807, 2.05) is 25.1 Å². The van der Waals surface area contributed by atoms with Crippen molar-refractivity contribution in [3.8, 4) is 11.6 Å². The zero-order valence-corrected chi connectivity index (χ0v) is 27.0. The van der Waals surface area contributed by atoms with Crippen LogP contribution in [0.3, 0.4) is 0 Å². The maximum Gasteiger partial charge on any atom is 0.321 e. The third kappa shape index (κ3) is 6.90. The van der Waals surface area contributed by atoms with Crippen LogP contribution in [0.5, 0.6) is 11.6 Å². The fourth-order valence-electron chi connectivity index (χ4n) is 7.17. The van der Waals surface area contributed by atoms with Crippen LogP contribution >= 0.6 is 0 Å². The maximum absolute atomic E-state index is 14.0. The number of benzene rings is 2. The second-order valence-electron chi connectivity index (χ2n) is 13.4. The molecule has 3 amide bonds. The number of nitrogens with one attached hydrogen (secondary N) is 1. The summed E-state index contributed by atoms with van der Waals surface area (Å²) in [4.78, 5) is 37.8. The lowest BCUT2D eigenvalue weighted by Gasteiger charge is -2.39. The Kier molecular flexibility index (Phi) is 8.95. The Labute approximate surface area is 271 Å². The molecule has 9 heteroatoms. The minimum atomic E-state index is -0.0357. The Hall–Kier alpha value is -3.95. The molecule has 0 radical (unpaired) electrons. The van der Waals surface area contributed by atoms with Crippen LogP contribution in [-0.2, 0) is 11.3 Å². The Morgan fingerprint density at radius 1 is 0.935 bits per heavy atom. The molecule has 46 heavy (non-hydrogen) atoms. The predicted octanol–water partition coefficient (Wildman–Crippen LogP) is 6.01. The van der Waals surface area contributed by atoms with Crippen molar-refractivity contribution in [1.29, 1.82) is 0 Å². The molecule has 3 aliphatic heterocycles.